The van der Waals surface area contributed by atoms with Crippen LogP contribution in [-0.4, -0.2) is 44.4 Å². The molecule has 1 unspecified atom stereocenters. The maximum Gasteiger partial charge on any atom is 0.256 e. The van der Waals surface area contributed by atoms with Gasteiger partial charge in [-0.05, 0) is 37.6 Å². The number of nitrogens with one attached hydrogen (secondary N) is 3. The average molecular weight is 414 g/mol. The minimum atomic E-state index is -0.515. The maximum atomic E-state index is 13.9. The number of hydrogen-bond donors (Lipinski definition) is 4. The SMILES string of the molecule is CCNC(=O)C(CCO)Sc1nc2c3ccc(F)cc3c3c(=O)[nH]ccc3c2[nH]1. The number of halogens is 1. The summed E-state index contributed by atoms with van der Waals surface area (Å²) in [5, 5.41) is 14.2. The molecule has 7 nitrogen and oxygen atoms in total. The van der Waals surface area contributed by atoms with Gasteiger partial charge in [-0.2, -0.15) is 0 Å². The number of pyridine rings is 1. The Morgan fingerprint density at radius 2 is 2.14 bits per heavy atom. The molecule has 9 heteroatoms. The standard InChI is InChI=1S/C20H19FN4O3S/c1-2-22-18(27)14(6-8-26)29-20-24-16-11-4-3-10(21)9-13(11)15-12(17(16)25-20)5-7-23-19(15)28/h3-5,7,9,14,26H,2,6,8H2,1H3,(H,22,27)(H,23,28)(H,24,25). The van der Waals surface area contributed by atoms with Crippen LogP contribution in [0.3, 0.4) is 0 Å². The number of carbonyl (C=O) groups is 1. The number of aliphatic hydroxyl groups is 1. The van der Waals surface area contributed by atoms with Gasteiger partial charge in [0.2, 0.25) is 5.91 Å². The molecule has 0 saturated heterocycles. The van der Waals surface area contributed by atoms with Crippen molar-refractivity contribution in [3.05, 3.63) is 46.6 Å². The second-order valence-electron chi connectivity index (χ2n) is 6.56. The molecule has 0 saturated carbocycles. The van der Waals surface area contributed by atoms with Crippen LogP contribution in [0.15, 0.2) is 40.4 Å². The van der Waals surface area contributed by atoms with Gasteiger partial charge in [0.05, 0.1) is 21.7 Å². The van der Waals surface area contributed by atoms with Gasteiger partial charge in [-0.25, -0.2) is 9.37 Å². The first kappa shape index (κ1) is 19.4. The summed E-state index contributed by atoms with van der Waals surface area (Å²) >= 11 is 1.21. The lowest BCUT2D eigenvalue weighted by molar-refractivity contribution is -0.120. The summed E-state index contributed by atoms with van der Waals surface area (Å²) in [4.78, 5) is 35.2. The number of benzene rings is 2. The lowest BCUT2D eigenvalue weighted by Gasteiger charge is -2.12. The van der Waals surface area contributed by atoms with Crippen molar-refractivity contribution < 1.29 is 14.3 Å². The quantitative estimate of drug-likeness (QED) is 0.286. The largest absolute Gasteiger partial charge is 0.396 e. The zero-order valence-corrected chi connectivity index (χ0v) is 16.4. The number of fused-ring (bicyclic) bond motifs is 6. The van der Waals surface area contributed by atoms with Crippen molar-refractivity contribution in [3.8, 4) is 0 Å². The minimum Gasteiger partial charge on any atom is -0.396 e. The van der Waals surface area contributed by atoms with E-state index in [9.17, 15) is 19.1 Å². The van der Waals surface area contributed by atoms with E-state index in [0.29, 0.717) is 44.3 Å². The van der Waals surface area contributed by atoms with Gasteiger partial charge >= 0.3 is 0 Å². The molecule has 29 heavy (non-hydrogen) atoms. The molecule has 0 aliphatic carbocycles. The number of imidazole rings is 1. The van der Waals surface area contributed by atoms with E-state index in [-0.39, 0.29) is 24.5 Å². The van der Waals surface area contributed by atoms with Crippen molar-refractivity contribution in [2.75, 3.05) is 13.2 Å². The average Bonchev–Trinajstić information content (AvgIpc) is 3.12. The van der Waals surface area contributed by atoms with E-state index in [2.05, 4.69) is 20.3 Å². The maximum absolute atomic E-state index is 13.9. The van der Waals surface area contributed by atoms with Gasteiger partial charge in [0.1, 0.15) is 5.82 Å². The zero-order chi connectivity index (χ0) is 20.5. The molecule has 0 fully saturated rings. The highest BCUT2D eigenvalue weighted by molar-refractivity contribution is 8.00. The number of H-pyrrole nitrogens is 2. The first-order chi connectivity index (χ1) is 14.0. The molecule has 2 aromatic carbocycles. The normalized spacial score (nSPS) is 12.7. The zero-order valence-electron chi connectivity index (χ0n) is 15.6. The second kappa shape index (κ2) is 7.84. The Labute approximate surface area is 168 Å². The molecule has 1 atom stereocenters. The summed E-state index contributed by atoms with van der Waals surface area (Å²) in [5.41, 5.74) is 0.926. The summed E-state index contributed by atoms with van der Waals surface area (Å²) in [6.07, 6.45) is 1.81. The molecule has 1 amide bonds. The third-order valence-corrected chi connectivity index (χ3v) is 5.86. The highest BCUT2D eigenvalue weighted by atomic mass is 32.2. The molecule has 0 bridgehead atoms. The van der Waals surface area contributed by atoms with Crippen LogP contribution in [0.2, 0.25) is 0 Å². The molecular formula is C20H19FN4O3S. The number of aromatic amines is 2. The van der Waals surface area contributed by atoms with Crippen molar-refractivity contribution in [1.82, 2.24) is 20.3 Å². The van der Waals surface area contributed by atoms with Gasteiger partial charge in [0.15, 0.2) is 5.16 Å². The lowest BCUT2D eigenvalue weighted by Crippen LogP contribution is -2.33. The van der Waals surface area contributed by atoms with Crippen molar-refractivity contribution in [3.63, 3.8) is 0 Å². The molecule has 0 radical (unpaired) electrons. The van der Waals surface area contributed by atoms with Crippen LogP contribution in [0.1, 0.15) is 13.3 Å². The van der Waals surface area contributed by atoms with Crippen LogP contribution < -0.4 is 10.9 Å². The van der Waals surface area contributed by atoms with Gasteiger partial charge in [-0.3, -0.25) is 9.59 Å². The number of amides is 1. The molecular weight excluding hydrogens is 395 g/mol. The Morgan fingerprint density at radius 1 is 1.31 bits per heavy atom. The minimum absolute atomic E-state index is 0.129. The molecule has 2 aromatic heterocycles. The fourth-order valence-electron chi connectivity index (χ4n) is 3.46. The smallest absolute Gasteiger partial charge is 0.256 e. The van der Waals surface area contributed by atoms with E-state index in [1.165, 1.54) is 30.1 Å². The molecule has 4 aromatic rings. The molecule has 0 spiro atoms. The second-order valence-corrected chi connectivity index (χ2v) is 7.76. The first-order valence-corrected chi connectivity index (χ1v) is 10.1. The summed E-state index contributed by atoms with van der Waals surface area (Å²) in [7, 11) is 0. The third kappa shape index (κ3) is 3.47. The fraction of sp³-hybridized carbons (Fsp3) is 0.250. The number of aromatic nitrogens is 3. The highest BCUT2D eigenvalue weighted by Gasteiger charge is 2.22. The van der Waals surface area contributed by atoms with Crippen LogP contribution in [0.25, 0.3) is 32.6 Å². The van der Waals surface area contributed by atoms with Crippen molar-refractivity contribution in [2.45, 2.75) is 23.8 Å². The predicted molar refractivity (Wildman–Crippen MR) is 112 cm³/mol. The van der Waals surface area contributed by atoms with Crippen molar-refractivity contribution in [2.24, 2.45) is 0 Å². The Morgan fingerprint density at radius 3 is 2.90 bits per heavy atom. The number of hydrogen-bond acceptors (Lipinski definition) is 5. The number of nitrogens with zero attached hydrogens (tertiary/aromatic N) is 1. The molecule has 4 rings (SSSR count). The summed E-state index contributed by atoms with van der Waals surface area (Å²) in [6, 6.07) is 6.00. The van der Waals surface area contributed by atoms with E-state index in [1.807, 2.05) is 6.92 Å². The van der Waals surface area contributed by atoms with Gasteiger partial charge < -0.3 is 20.4 Å². The van der Waals surface area contributed by atoms with E-state index >= 15 is 0 Å². The fourth-order valence-corrected chi connectivity index (χ4v) is 4.45. The van der Waals surface area contributed by atoms with Gasteiger partial charge in [0, 0.05) is 35.5 Å². The molecule has 150 valence electrons. The Hall–Kier alpha value is -2.91. The predicted octanol–water partition coefficient (Wildman–Crippen LogP) is 2.68. The highest BCUT2D eigenvalue weighted by Crippen LogP contribution is 2.35. The van der Waals surface area contributed by atoms with Crippen LogP contribution in [0.4, 0.5) is 4.39 Å². The third-order valence-electron chi connectivity index (χ3n) is 4.71. The van der Waals surface area contributed by atoms with Crippen LogP contribution in [-0.2, 0) is 4.79 Å². The lowest BCUT2D eigenvalue weighted by atomic mass is 10.0. The number of rotatable bonds is 6. The Balaban J connectivity index is 1.93. The Bertz CT molecular complexity index is 1280. The molecule has 0 aliphatic heterocycles. The van der Waals surface area contributed by atoms with Gasteiger partial charge in [-0.1, -0.05) is 11.8 Å². The molecule has 2 heterocycles. The van der Waals surface area contributed by atoms with Gasteiger partial charge in [-0.15, -0.1) is 0 Å². The molecule has 0 aliphatic rings. The summed E-state index contributed by atoms with van der Waals surface area (Å²) in [5.74, 6) is -0.619. The molecule has 4 N–H and O–H groups in total. The summed E-state index contributed by atoms with van der Waals surface area (Å²) in [6.45, 7) is 2.19. The monoisotopic (exact) mass is 414 g/mol. The number of aliphatic hydroxyl groups excluding tert-OH is 1. The Kier molecular flexibility index (Phi) is 5.25. The van der Waals surface area contributed by atoms with E-state index < -0.39 is 11.1 Å². The number of thioether (sulfide) groups is 1. The van der Waals surface area contributed by atoms with Crippen LogP contribution in [0.5, 0.6) is 0 Å². The number of carbonyl (C=O) groups excluding carboxylic acids is 1. The van der Waals surface area contributed by atoms with E-state index in [0.717, 1.165) is 0 Å². The van der Waals surface area contributed by atoms with Crippen molar-refractivity contribution in [1.29, 1.82) is 0 Å². The van der Waals surface area contributed by atoms with E-state index in [4.69, 9.17) is 0 Å². The van der Waals surface area contributed by atoms with Crippen molar-refractivity contribution >= 4 is 50.2 Å². The van der Waals surface area contributed by atoms with Gasteiger partial charge in [0.25, 0.3) is 5.56 Å². The topological polar surface area (TPSA) is 111 Å². The van der Waals surface area contributed by atoms with Crippen LogP contribution >= 0.6 is 11.8 Å². The first-order valence-electron chi connectivity index (χ1n) is 9.21. The van der Waals surface area contributed by atoms with Crippen LogP contribution in [0, 0.1) is 5.82 Å². The summed E-state index contributed by atoms with van der Waals surface area (Å²) < 4.78 is 13.9. The van der Waals surface area contributed by atoms with E-state index in [1.54, 1.807) is 12.1 Å².